The van der Waals surface area contributed by atoms with Gasteiger partial charge in [-0.1, -0.05) is 42.5 Å². The number of aromatic nitrogens is 5. The van der Waals surface area contributed by atoms with Crippen molar-refractivity contribution in [3.05, 3.63) is 90.3 Å². The molecule has 1 aliphatic rings. The molecule has 3 aromatic heterocycles. The van der Waals surface area contributed by atoms with Gasteiger partial charge in [0.1, 0.15) is 11.9 Å². The van der Waals surface area contributed by atoms with Gasteiger partial charge in [-0.2, -0.15) is 0 Å². The summed E-state index contributed by atoms with van der Waals surface area (Å²) in [6, 6.07) is 18.6. The first-order valence-corrected chi connectivity index (χ1v) is 12.2. The normalized spacial score (nSPS) is 14.9. The molecular formula is C28H25N7O3. The fraction of sp³-hybridized carbons (Fsp3) is 0.179. The van der Waals surface area contributed by atoms with Crippen molar-refractivity contribution in [1.29, 1.82) is 0 Å². The molecule has 0 spiro atoms. The molecular weight excluding hydrogens is 482 g/mol. The molecule has 2 amide bonds. The quantitative estimate of drug-likeness (QED) is 0.365. The summed E-state index contributed by atoms with van der Waals surface area (Å²) < 4.78 is 7.50. The number of hydrogen-bond acceptors (Lipinski definition) is 6. The number of carbonyl (C=O) groups is 2. The lowest BCUT2D eigenvalue weighted by Crippen LogP contribution is -2.48. The summed E-state index contributed by atoms with van der Waals surface area (Å²) in [6.07, 6.45) is 4.18. The van der Waals surface area contributed by atoms with Gasteiger partial charge in [-0.3, -0.25) is 9.59 Å². The molecule has 0 saturated heterocycles. The zero-order chi connectivity index (χ0) is 26.2. The predicted molar refractivity (Wildman–Crippen MR) is 142 cm³/mol. The van der Waals surface area contributed by atoms with Crippen LogP contribution in [0.1, 0.15) is 22.0 Å². The summed E-state index contributed by atoms with van der Waals surface area (Å²) in [5.41, 5.74) is 4.47. The number of rotatable bonds is 6. The molecule has 0 bridgehead atoms. The maximum atomic E-state index is 13.4. The third-order valence-corrected chi connectivity index (χ3v) is 6.77. The maximum absolute atomic E-state index is 13.4. The predicted octanol–water partition coefficient (Wildman–Crippen LogP) is 3.20. The monoisotopic (exact) mass is 507 g/mol. The van der Waals surface area contributed by atoms with Crippen LogP contribution in [0.4, 0.5) is 5.69 Å². The molecule has 0 fully saturated rings. The third kappa shape index (κ3) is 4.05. The first kappa shape index (κ1) is 23.4. The Bertz CT molecular complexity index is 1660. The topological polar surface area (TPSA) is 118 Å². The van der Waals surface area contributed by atoms with Crippen molar-refractivity contribution in [2.24, 2.45) is 0 Å². The lowest BCUT2D eigenvalue weighted by molar-refractivity contribution is -0.120. The van der Waals surface area contributed by atoms with Crippen LogP contribution in [0.5, 0.6) is 5.88 Å². The first-order chi connectivity index (χ1) is 18.5. The largest absolute Gasteiger partial charge is 0.481 e. The van der Waals surface area contributed by atoms with Crippen molar-refractivity contribution in [1.82, 2.24) is 30.0 Å². The number of likely N-dealkylation sites (N-methyl/N-ethyl adjacent to an activating group) is 1. The Morgan fingerprint density at radius 3 is 2.74 bits per heavy atom. The van der Waals surface area contributed by atoms with E-state index in [9.17, 15) is 9.59 Å². The van der Waals surface area contributed by atoms with Crippen LogP contribution in [0.15, 0.2) is 73.1 Å². The molecule has 4 heterocycles. The zero-order valence-electron chi connectivity index (χ0n) is 20.9. The summed E-state index contributed by atoms with van der Waals surface area (Å²) in [5, 5.41) is 11.9. The van der Waals surface area contributed by atoms with Crippen LogP contribution in [0, 0.1) is 0 Å². The molecule has 0 radical (unpaired) electrons. The number of ether oxygens (including phenoxy) is 1. The van der Waals surface area contributed by atoms with E-state index in [2.05, 4.69) is 25.5 Å². The molecule has 10 heteroatoms. The number of carbonyl (C=O) groups excluding carboxylic acids is 2. The van der Waals surface area contributed by atoms with Gasteiger partial charge in [-0.05, 0) is 23.8 Å². The van der Waals surface area contributed by atoms with Gasteiger partial charge in [0.25, 0.3) is 11.8 Å². The molecule has 2 aromatic carbocycles. The Balaban J connectivity index is 1.31. The second kappa shape index (κ2) is 9.47. The highest BCUT2D eigenvalue weighted by molar-refractivity contribution is 6.10. The average molecular weight is 508 g/mol. The Morgan fingerprint density at radius 2 is 1.92 bits per heavy atom. The lowest BCUT2D eigenvalue weighted by Gasteiger charge is -2.21. The molecule has 0 aliphatic carbocycles. The van der Waals surface area contributed by atoms with Crippen molar-refractivity contribution in [2.45, 2.75) is 19.0 Å². The molecule has 0 saturated carbocycles. The fourth-order valence-corrected chi connectivity index (χ4v) is 4.96. The van der Waals surface area contributed by atoms with Crippen LogP contribution < -0.4 is 15.0 Å². The van der Waals surface area contributed by atoms with Crippen LogP contribution in [0.3, 0.4) is 0 Å². The van der Waals surface area contributed by atoms with E-state index in [1.165, 1.54) is 0 Å². The van der Waals surface area contributed by atoms with E-state index in [1.807, 2.05) is 71.4 Å². The lowest BCUT2D eigenvalue weighted by atomic mass is 10.1. The van der Waals surface area contributed by atoms with E-state index in [-0.39, 0.29) is 18.3 Å². The number of nitrogens with zero attached hydrogens (tertiary/aromatic N) is 5. The standard InChI is InChI=1S/C28H25N7O3/c1-34-22-12-6-10-18-20(19-11-7-13-29-27(19)38-2)15-35(24(18)22)16-21(28(34)37)30-26(36)25-31-23(32-33-25)14-17-8-4-3-5-9-17/h3-13,15,21H,14,16H2,1-2H3,(H,30,36)(H,31,32,33). The highest BCUT2D eigenvalue weighted by atomic mass is 16.5. The van der Waals surface area contributed by atoms with Gasteiger partial charge in [0.05, 0.1) is 24.9 Å². The molecule has 5 aromatic rings. The second-order valence-corrected chi connectivity index (χ2v) is 9.13. The minimum atomic E-state index is -0.818. The number of pyridine rings is 1. The number of anilines is 1. The highest BCUT2D eigenvalue weighted by Crippen LogP contribution is 2.39. The fourth-order valence-electron chi connectivity index (χ4n) is 4.96. The van der Waals surface area contributed by atoms with Crippen molar-refractivity contribution < 1.29 is 14.3 Å². The summed E-state index contributed by atoms with van der Waals surface area (Å²) in [4.78, 5) is 35.5. The molecule has 38 heavy (non-hydrogen) atoms. The Labute approximate surface area is 218 Å². The minimum Gasteiger partial charge on any atom is -0.481 e. The zero-order valence-corrected chi connectivity index (χ0v) is 20.9. The Morgan fingerprint density at radius 1 is 1.08 bits per heavy atom. The smallest absolute Gasteiger partial charge is 0.289 e. The number of hydrogen-bond donors (Lipinski definition) is 2. The van der Waals surface area contributed by atoms with Gasteiger partial charge in [-0.15, -0.1) is 10.2 Å². The van der Waals surface area contributed by atoms with Crippen LogP contribution in [-0.4, -0.2) is 56.7 Å². The van der Waals surface area contributed by atoms with Crippen molar-refractivity contribution in [3.8, 4) is 17.0 Å². The Kier molecular flexibility index (Phi) is 5.83. The molecule has 1 aliphatic heterocycles. The summed E-state index contributed by atoms with van der Waals surface area (Å²) in [7, 11) is 3.31. The molecule has 10 nitrogen and oxygen atoms in total. The van der Waals surface area contributed by atoms with E-state index in [0.29, 0.717) is 18.1 Å². The van der Waals surface area contributed by atoms with Crippen LogP contribution >= 0.6 is 0 Å². The number of para-hydroxylation sites is 1. The Hall–Kier alpha value is -4.99. The molecule has 1 atom stereocenters. The van der Waals surface area contributed by atoms with E-state index in [1.54, 1.807) is 25.3 Å². The third-order valence-electron chi connectivity index (χ3n) is 6.77. The van der Waals surface area contributed by atoms with E-state index in [0.717, 1.165) is 33.3 Å². The average Bonchev–Trinajstić information content (AvgIpc) is 3.55. The molecule has 190 valence electrons. The van der Waals surface area contributed by atoms with E-state index in [4.69, 9.17) is 4.74 Å². The van der Waals surface area contributed by atoms with Gasteiger partial charge >= 0.3 is 0 Å². The number of methoxy groups -OCH3 is 1. The van der Waals surface area contributed by atoms with Gasteiger partial charge < -0.3 is 24.5 Å². The molecule has 6 rings (SSSR count). The van der Waals surface area contributed by atoms with Crippen molar-refractivity contribution >= 4 is 28.4 Å². The summed E-state index contributed by atoms with van der Waals surface area (Å²) in [5.74, 6) is 0.429. The number of aromatic amines is 1. The summed E-state index contributed by atoms with van der Waals surface area (Å²) in [6.45, 7) is 0.246. The van der Waals surface area contributed by atoms with Gasteiger partial charge in [0.2, 0.25) is 11.7 Å². The summed E-state index contributed by atoms with van der Waals surface area (Å²) >= 11 is 0. The number of amides is 2. The van der Waals surface area contributed by atoms with Crippen molar-refractivity contribution in [3.63, 3.8) is 0 Å². The number of H-pyrrole nitrogens is 1. The maximum Gasteiger partial charge on any atom is 0.289 e. The van der Waals surface area contributed by atoms with Crippen LogP contribution in [-0.2, 0) is 17.8 Å². The van der Waals surface area contributed by atoms with Crippen LogP contribution in [0.2, 0.25) is 0 Å². The number of benzene rings is 2. The van der Waals surface area contributed by atoms with Crippen LogP contribution in [0.25, 0.3) is 22.0 Å². The molecule has 1 unspecified atom stereocenters. The minimum absolute atomic E-state index is 0.0617. The second-order valence-electron chi connectivity index (χ2n) is 9.13. The van der Waals surface area contributed by atoms with Gasteiger partial charge in [-0.25, -0.2) is 4.98 Å². The van der Waals surface area contributed by atoms with E-state index >= 15 is 0 Å². The highest BCUT2D eigenvalue weighted by Gasteiger charge is 2.32. The number of nitrogens with one attached hydrogen (secondary N) is 2. The SMILES string of the molecule is COc1ncccc1-c1cn2c3c(cccc13)N(C)C(=O)C(NC(=O)c1nnc(Cc3ccccc3)[nH]1)C2. The van der Waals surface area contributed by atoms with E-state index < -0.39 is 11.9 Å². The first-order valence-electron chi connectivity index (χ1n) is 12.2. The van der Waals surface area contributed by atoms with Gasteiger partial charge in [0.15, 0.2) is 0 Å². The molecule has 2 N–H and O–H groups in total. The van der Waals surface area contributed by atoms with Gasteiger partial charge in [0, 0.05) is 42.4 Å². The van der Waals surface area contributed by atoms with Crippen molar-refractivity contribution in [2.75, 3.05) is 19.1 Å².